The van der Waals surface area contributed by atoms with Crippen LogP contribution in [0.15, 0.2) is 48.7 Å². The Morgan fingerprint density at radius 2 is 2.00 bits per heavy atom. The molecule has 2 rings (SSSR count). The average molecular weight is 256 g/mol. The van der Waals surface area contributed by atoms with E-state index < -0.39 is 12.0 Å². The quantitative estimate of drug-likeness (QED) is 0.862. The van der Waals surface area contributed by atoms with Gasteiger partial charge in [0.2, 0.25) is 0 Å². The molecule has 0 fully saturated rings. The van der Waals surface area contributed by atoms with Gasteiger partial charge in [0.25, 0.3) is 0 Å². The Morgan fingerprint density at radius 1 is 1.26 bits per heavy atom. The molecule has 0 saturated carbocycles. The SMILES string of the molecule is Cc1cccnc1NC(Cc1ccccc1)C(=O)O. The highest BCUT2D eigenvalue weighted by Gasteiger charge is 2.18. The minimum Gasteiger partial charge on any atom is -0.480 e. The number of nitrogens with zero attached hydrogens (tertiary/aromatic N) is 1. The van der Waals surface area contributed by atoms with Gasteiger partial charge in [0.15, 0.2) is 0 Å². The Kier molecular flexibility index (Phi) is 4.13. The van der Waals surface area contributed by atoms with Crippen LogP contribution in [0.2, 0.25) is 0 Å². The number of rotatable bonds is 5. The molecular formula is C15H16N2O2. The first kappa shape index (κ1) is 13.1. The van der Waals surface area contributed by atoms with Crippen molar-refractivity contribution in [3.63, 3.8) is 0 Å². The summed E-state index contributed by atoms with van der Waals surface area (Å²) < 4.78 is 0. The molecule has 1 aromatic carbocycles. The highest BCUT2D eigenvalue weighted by molar-refractivity contribution is 5.77. The minimum atomic E-state index is -0.881. The third kappa shape index (κ3) is 3.55. The van der Waals surface area contributed by atoms with Gasteiger partial charge < -0.3 is 10.4 Å². The Hall–Kier alpha value is -2.36. The van der Waals surface area contributed by atoms with Gasteiger partial charge in [-0.2, -0.15) is 0 Å². The summed E-state index contributed by atoms with van der Waals surface area (Å²) in [7, 11) is 0. The lowest BCUT2D eigenvalue weighted by Crippen LogP contribution is -2.32. The van der Waals surface area contributed by atoms with Gasteiger partial charge in [0.05, 0.1) is 0 Å². The summed E-state index contributed by atoms with van der Waals surface area (Å²) in [5, 5.41) is 12.3. The Labute approximate surface area is 112 Å². The zero-order valence-electron chi connectivity index (χ0n) is 10.7. The molecule has 4 nitrogen and oxygen atoms in total. The summed E-state index contributed by atoms with van der Waals surface area (Å²) >= 11 is 0. The Bertz CT molecular complexity index is 555. The van der Waals surface area contributed by atoms with E-state index in [4.69, 9.17) is 0 Å². The van der Waals surface area contributed by atoms with Gasteiger partial charge >= 0.3 is 5.97 Å². The molecule has 0 aliphatic carbocycles. The number of anilines is 1. The van der Waals surface area contributed by atoms with Crippen LogP contribution in [0.25, 0.3) is 0 Å². The highest BCUT2D eigenvalue weighted by Crippen LogP contribution is 2.13. The number of nitrogens with one attached hydrogen (secondary N) is 1. The molecule has 2 aromatic rings. The monoisotopic (exact) mass is 256 g/mol. The van der Waals surface area contributed by atoms with Gasteiger partial charge in [-0.3, -0.25) is 0 Å². The molecule has 0 spiro atoms. The van der Waals surface area contributed by atoms with Crippen LogP contribution in [0.4, 0.5) is 5.82 Å². The van der Waals surface area contributed by atoms with Crippen molar-refractivity contribution in [2.75, 3.05) is 5.32 Å². The first-order valence-electron chi connectivity index (χ1n) is 6.11. The van der Waals surface area contributed by atoms with Crippen molar-refractivity contribution in [2.45, 2.75) is 19.4 Å². The van der Waals surface area contributed by atoms with Crippen molar-refractivity contribution in [3.05, 3.63) is 59.8 Å². The molecule has 0 saturated heterocycles. The molecule has 2 N–H and O–H groups in total. The van der Waals surface area contributed by atoms with E-state index in [1.807, 2.05) is 49.4 Å². The number of benzene rings is 1. The molecule has 98 valence electrons. The molecule has 0 radical (unpaired) electrons. The number of carboxylic acid groups (broad SMARTS) is 1. The van der Waals surface area contributed by atoms with Crippen molar-refractivity contribution in [2.24, 2.45) is 0 Å². The van der Waals surface area contributed by atoms with E-state index in [0.717, 1.165) is 11.1 Å². The molecule has 1 heterocycles. The molecular weight excluding hydrogens is 240 g/mol. The second kappa shape index (κ2) is 6.00. The van der Waals surface area contributed by atoms with E-state index in [1.54, 1.807) is 6.20 Å². The zero-order chi connectivity index (χ0) is 13.7. The molecule has 0 aliphatic rings. The fourth-order valence-corrected chi connectivity index (χ4v) is 1.85. The largest absolute Gasteiger partial charge is 0.480 e. The number of carbonyl (C=O) groups is 1. The molecule has 1 atom stereocenters. The smallest absolute Gasteiger partial charge is 0.326 e. The summed E-state index contributed by atoms with van der Waals surface area (Å²) in [5.41, 5.74) is 1.91. The maximum Gasteiger partial charge on any atom is 0.326 e. The number of aromatic nitrogens is 1. The van der Waals surface area contributed by atoms with E-state index in [2.05, 4.69) is 10.3 Å². The van der Waals surface area contributed by atoms with Gasteiger partial charge in [-0.15, -0.1) is 0 Å². The van der Waals surface area contributed by atoms with E-state index >= 15 is 0 Å². The van der Waals surface area contributed by atoms with Crippen molar-refractivity contribution in [3.8, 4) is 0 Å². The number of pyridine rings is 1. The van der Waals surface area contributed by atoms with Crippen LogP contribution in [0.5, 0.6) is 0 Å². The second-order valence-corrected chi connectivity index (χ2v) is 4.39. The highest BCUT2D eigenvalue weighted by atomic mass is 16.4. The Balaban J connectivity index is 2.13. The molecule has 19 heavy (non-hydrogen) atoms. The fourth-order valence-electron chi connectivity index (χ4n) is 1.85. The molecule has 1 aromatic heterocycles. The minimum absolute atomic E-state index is 0.423. The third-order valence-electron chi connectivity index (χ3n) is 2.90. The summed E-state index contributed by atoms with van der Waals surface area (Å²) in [6.45, 7) is 1.90. The third-order valence-corrected chi connectivity index (χ3v) is 2.90. The van der Waals surface area contributed by atoms with Crippen LogP contribution in [0, 0.1) is 6.92 Å². The number of aryl methyl sites for hydroxylation is 1. The number of aliphatic carboxylic acids is 1. The maximum absolute atomic E-state index is 11.3. The topological polar surface area (TPSA) is 62.2 Å². The predicted molar refractivity (Wildman–Crippen MR) is 74.2 cm³/mol. The standard InChI is InChI=1S/C15H16N2O2/c1-11-6-5-9-16-14(11)17-13(15(18)19)10-12-7-3-2-4-8-12/h2-9,13H,10H2,1H3,(H,16,17)(H,18,19). The Morgan fingerprint density at radius 3 is 2.63 bits per heavy atom. The molecule has 0 bridgehead atoms. The lowest BCUT2D eigenvalue weighted by Gasteiger charge is -2.16. The van der Waals surface area contributed by atoms with Crippen molar-refractivity contribution in [1.82, 2.24) is 4.98 Å². The van der Waals surface area contributed by atoms with Gasteiger partial charge in [-0.1, -0.05) is 36.4 Å². The maximum atomic E-state index is 11.3. The van der Waals surface area contributed by atoms with E-state index in [0.29, 0.717) is 12.2 Å². The van der Waals surface area contributed by atoms with Gasteiger partial charge in [-0.05, 0) is 24.1 Å². The van der Waals surface area contributed by atoms with Crippen LogP contribution in [-0.2, 0) is 11.2 Å². The summed E-state index contributed by atoms with van der Waals surface area (Å²) in [6, 6.07) is 12.6. The first-order chi connectivity index (χ1) is 9.16. The van der Waals surface area contributed by atoms with Crippen LogP contribution >= 0.6 is 0 Å². The van der Waals surface area contributed by atoms with Gasteiger partial charge in [0.1, 0.15) is 11.9 Å². The van der Waals surface area contributed by atoms with Crippen molar-refractivity contribution >= 4 is 11.8 Å². The number of hydrogen-bond donors (Lipinski definition) is 2. The van der Waals surface area contributed by atoms with Crippen LogP contribution in [-0.4, -0.2) is 22.1 Å². The molecule has 1 unspecified atom stereocenters. The van der Waals surface area contributed by atoms with Crippen LogP contribution in [0.1, 0.15) is 11.1 Å². The van der Waals surface area contributed by atoms with E-state index in [1.165, 1.54) is 0 Å². The van der Waals surface area contributed by atoms with Crippen LogP contribution < -0.4 is 5.32 Å². The molecule has 0 aliphatic heterocycles. The lowest BCUT2D eigenvalue weighted by atomic mass is 10.1. The predicted octanol–water partition coefficient (Wildman–Crippen LogP) is 2.50. The molecule has 0 amide bonds. The molecule has 4 heteroatoms. The first-order valence-corrected chi connectivity index (χ1v) is 6.11. The normalized spacial score (nSPS) is 11.8. The van der Waals surface area contributed by atoms with E-state index in [-0.39, 0.29) is 0 Å². The van der Waals surface area contributed by atoms with E-state index in [9.17, 15) is 9.90 Å². The van der Waals surface area contributed by atoms with Crippen LogP contribution in [0.3, 0.4) is 0 Å². The van der Waals surface area contributed by atoms with Crippen molar-refractivity contribution in [1.29, 1.82) is 0 Å². The number of hydrogen-bond acceptors (Lipinski definition) is 3. The average Bonchev–Trinajstić information content (AvgIpc) is 2.41. The fraction of sp³-hybridized carbons (Fsp3) is 0.200. The van der Waals surface area contributed by atoms with Gasteiger partial charge in [0, 0.05) is 12.6 Å². The summed E-state index contributed by atoms with van der Waals surface area (Å²) in [6.07, 6.45) is 2.07. The summed E-state index contributed by atoms with van der Waals surface area (Å²) in [4.78, 5) is 15.5. The zero-order valence-corrected chi connectivity index (χ0v) is 10.7. The van der Waals surface area contributed by atoms with Crippen molar-refractivity contribution < 1.29 is 9.90 Å². The number of carboxylic acids is 1. The lowest BCUT2D eigenvalue weighted by molar-refractivity contribution is -0.137. The second-order valence-electron chi connectivity index (χ2n) is 4.39. The van der Waals surface area contributed by atoms with Gasteiger partial charge in [-0.25, -0.2) is 9.78 Å². The summed E-state index contributed by atoms with van der Waals surface area (Å²) in [5.74, 6) is -0.264.